The zero-order chi connectivity index (χ0) is 23.1. The summed E-state index contributed by atoms with van der Waals surface area (Å²) in [5.41, 5.74) is 2.32. The van der Waals surface area contributed by atoms with Crippen LogP contribution in [0, 0.1) is 5.92 Å². The summed E-state index contributed by atoms with van der Waals surface area (Å²) in [6.07, 6.45) is 5.02. The number of carbonyl (C=O) groups is 1. The minimum atomic E-state index is -3.26. The Morgan fingerprint density at radius 2 is 1.88 bits per heavy atom. The van der Waals surface area contributed by atoms with Gasteiger partial charge in [0.15, 0.2) is 9.84 Å². The highest BCUT2D eigenvalue weighted by Crippen LogP contribution is 2.37. The van der Waals surface area contributed by atoms with Gasteiger partial charge in [-0.15, -0.1) is 0 Å². The Balaban J connectivity index is 1.38. The number of sulfone groups is 1. The Hall–Kier alpha value is -2.61. The van der Waals surface area contributed by atoms with Crippen LogP contribution in [0.5, 0.6) is 5.75 Å². The average molecular weight is 459 g/mol. The number of fused-ring (bicyclic) bond motifs is 1. The zero-order valence-electron chi connectivity index (χ0n) is 19.0. The van der Waals surface area contributed by atoms with Crippen molar-refractivity contribution in [1.82, 2.24) is 9.88 Å². The molecule has 1 saturated heterocycles. The van der Waals surface area contributed by atoms with Gasteiger partial charge in [0.2, 0.25) is 0 Å². The summed E-state index contributed by atoms with van der Waals surface area (Å²) in [7, 11) is -3.26. The molecule has 2 aliphatic heterocycles. The molecule has 3 heterocycles. The molecule has 32 heavy (non-hydrogen) atoms. The molecule has 1 atom stereocenters. The van der Waals surface area contributed by atoms with Crippen LogP contribution in [0.4, 0.5) is 4.79 Å². The number of ether oxygens (including phenoxy) is 2. The molecular weight excluding hydrogens is 428 g/mol. The molecule has 8 heteroatoms. The highest BCUT2D eigenvalue weighted by atomic mass is 32.2. The van der Waals surface area contributed by atoms with Gasteiger partial charge in [0, 0.05) is 37.5 Å². The largest absolute Gasteiger partial charge is 0.490 e. The molecule has 2 aromatic rings. The number of likely N-dealkylation sites (tertiary alicyclic amines) is 1. The van der Waals surface area contributed by atoms with E-state index in [-0.39, 0.29) is 17.1 Å². The number of pyridine rings is 1. The predicted molar refractivity (Wildman–Crippen MR) is 121 cm³/mol. The van der Waals surface area contributed by atoms with Gasteiger partial charge in [-0.2, -0.15) is 0 Å². The first kappa shape index (κ1) is 22.6. The van der Waals surface area contributed by atoms with Crippen molar-refractivity contribution in [2.24, 2.45) is 5.92 Å². The van der Waals surface area contributed by atoms with Gasteiger partial charge in [0.25, 0.3) is 0 Å². The summed E-state index contributed by atoms with van der Waals surface area (Å²) in [6.45, 7) is 7.00. The van der Waals surface area contributed by atoms with Gasteiger partial charge in [-0.05, 0) is 75.4 Å². The molecule has 0 saturated carbocycles. The van der Waals surface area contributed by atoms with Crippen LogP contribution in [0.25, 0.3) is 11.3 Å². The molecule has 7 nitrogen and oxygen atoms in total. The fourth-order valence-electron chi connectivity index (χ4n) is 4.25. The van der Waals surface area contributed by atoms with Crippen LogP contribution in [-0.4, -0.2) is 55.4 Å². The van der Waals surface area contributed by atoms with Gasteiger partial charge in [-0.25, -0.2) is 13.2 Å². The first-order valence-corrected chi connectivity index (χ1v) is 12.8. The van der Waals surface area contributed by atoms with Crippen LogP contribution in [-0.2, 0) is 21.0 Å². The molecule has 2 aliphatic rings. The highest BCUT2D eigenvalue weighted by Gasteiger charge is 2.35. The molecule has 1 fully saturated rings. The maximum absolute atomic E-state index is 12.3. The molecule has 172 valence electrons. The lowest BCUT2D eigenvalue weighted by Gasteiger charge is -2.35. The Kier molecular flexibility index (Phi) is 5.92. The van der Waals surface area contributed by atoms with Crippen molar-refractivity contribution in [3.63, 3.8) is 0 Å². The van der Waals surface area contributed by atoms with E-state index in [4.69, 9.17) is 9.47 Å². The van der Waals surface area contributed by atoms with E-state index in [1.807, 2.05) is 32.9 Å². The van der Waals surface area contributed by atoms with Gasteiger partial charge in [-0.3, -0.25) is 4.98 Å². The highest BCUT2D eigenvalue weighted by molar-refractivity contribution is 7.90. The molecule has 1 aromatic heterocycles. The maximum atomic E-state index is 12.3. The van der Waals surface area contributed by atoms with Crippen molar-refractivity contribution in [1.29, 1.82) is 0 Å². The topological polar surface area (TPSA) is 85.8 Å². The van der Waals surface area contributed by atoms with E-state index in [0.717, 1.165) is 41.8 Å². The van der Waals surface area contributed by atoms with E-state index in [1.165, 1.54) is 12.5 Å². The summed E-state index contributed by atoms with van der Waals surface area (Å²) in [4.78, 5) is 18.6. The number of benzene rings is 1. The fourth-order valence-corrected chi connectivity index (χ4v) is 4.81. The normalized spacial score (nSPS) is 19.4. The number of rotatable bonds is 3. The second-order valence-electron chi connectivity index (χ2n) is 9.64. The fraction of sp³-hybridized carbons (Fsp3) is 0.500. The maximum Gasteiger partial charge on any atom is 0.410 e. The summed E-state index contributed by atoms with van der Waals surface area (Å²) in [5, 5.41) is 0. The summed E-state index contributed by atoms with van der Waals surface area (Å²) < 4.78 is 35.0. The molecule has 0 radical (unpaired) electrons. The van der Waals surface area contributed by atoms with E-state index in [2.05, 4.69) is 11.1 Å². The molecule has 0 aliphatic carbocycles. The number of hydrogen-bond donors (Lipinski definition) is 0. The number of piperidine rings is 1. The first-order chi connectivity index (χ1) is 15.0. The predicted octanol–water partition coefficient (Wildman–Crippen LogP) is 4.10. The van der Waals surface area contributed by atoms with E-state index in [9.17, 15) is 13.2 Å². The standard InChI is InChI=1S/C24H30N2O5S/c1-24(2,3)31-23(27)26-11-9-16(10-12-26)22-14-18-13-17(5-8-21(18)30-22)20-7-6-19(15-25-20)32(4,28)29/h5-8,13,15-16,22H,9-12,14H2,1-4H3/t22-/m1/s1. The van der Waals surface area contributed by atoms with Crippen LogP contribution in [0.15, 0.2) is 41.4 Å². The SMILES string of the molecule is CC(C)(C)OC(=O)N1CCC([C@H]2Cc3cc(-c4ccc(S(C)(=O)=O)cn4)ccc3O2)CC1. The van der Waals surface area contributed by atoms with Gasteiger partial charge >= 0.3 is 6.09 Å². The Bertz CT molecular complexity index is 1100. The quantitative estimate of drug-likeness (QED) is 0.688. The molecule has 0 N–H and O–H groups in total. The molecule has 1 aromatic carbocycles. The van der Waals surface area contributed by atoms with E-state index in [0.29, 0.717) is 19.0 Å². The molecule has 0 unspecified atom stereocenters. The van der Waals surface area contributed by atoms with Crippen LogP contribution >= 0.6 is 0 Å². The number of hydrogen-bond acceptors (Lipinski definition) is 6. The van der Waals surface area contributed by atoms with Gasteiger partial charge in [0.05, 0.1) is 10.6 Å². The lowest BCUT2D eigenvalue weighted by atomic mass is 9.89. The molecule has 0 bridgehead atoms. The first-order valence-electron chi connectivity index (χ1n) is 10.9. The number of nitrogens with zero attached hydrogens (tertiary/aromatic N) is 2. The van der Waals surface area contributed by atoms with Crippen molar-refractivity contribution in [3.05, 3.63) is 42.1 Å². The molecule has 1 amide bonds. The van der Waals surface area contributed by atoms with Crippen molar-refractivity contribution < 1.29 is 22.7 Å². The van der Waals surface area contributed by atoms with Crippen molar-refractivity contribution >= 4 is 15.9 Å². The second kappa shape index (κ2) is 8.39. The lowest BCUT2D eigenvalue weighted by Crippen LogP contribution is -2.44. The molecule has 0 spiro atoms. The van der Waals surface area contributed by atoms with Crippen LogP contribution in [0.3, 0.4) is 0 Å². The third-order valence-corrected chi connectivity index (χ3v) is 7.04. The summed E-state index contributed by atoms with van der Waals surface area (Å²) in [5.74, 6) is 1.28. The van der Waals surface area contributed by atoms with Crippen LogP contribution < -0.4 is 4.74 Å². The summed E-state index contributed by atoms with van der Waals surface area (Å²) in [6, 6.07) is 9.31. The van der Waals surface area contributed by atoms with E-state index < -0.39 is 15.4 Å². The molecular formula is C24H30N2O5S. The van der Waals surface area contributed by atoms with Gasteiger partial charge in [-0.1, -0.05) is 0 Å². The average Bonchev–Trinajstić information content (AvgIpc) is 3.15. The Morgan fingerprint density at radius 1 is 1.16 bits per heavy atom. The Morgan fingerprint density at radius 3 is 2.47 bits per heavy atom. The minimum absolute atomic E-state index is 0.0987. The third kappa shape index (κ3) is 5.06. The van der Waals surface area contributed by atoms with E-state index >= 15 is 0 Å². The number of aromatic nitrogens is 1. The summed E-state index contributed by atoms with van der Waals surface area (Å²) >= 11 is 0. The van der Waals surface area contributed by atoms with Crippen molar-refractivity contribution in [3.8, 4) is 17.0 Å². The van der Waals surface area contributed by atoms with Crippen LogP contribution in [0.2, 0.25) is 0 Å². The number of amides is 1. The lowest BCUT2D eigenvalue weighted by molar-refractivity contribution is 0.0123. The van der Waals surface area contributed by atoms with Crippen molar-refractivity contribution in [2.45, 2.75) is 56.6 Å². The second-order valence-corrected chi connectivity index (χ2v) is 11.7. The van der Waals surface area contributed by atoms with Gasteiger partial charge in [0.1, 0.15) is 17.5 Å². The smallest absolute Gasteiger partial charge is 0.410 e. The Labute approximate surface area is 189 Å². The van der Waals surface area contributed by atoms with Crippen LogP contribution in [0.1, 0.15) is 39.2 Å². The van der Waals surface area contributed by atoms with Crippen molar-refractivity contribution in [2.75, 3.05) is 19.3 Å². The third-order valence-electron chi connectivity index (χ3n) is 5.94. The zero-order valence-corrected chi connectivity index (χ0v) is 19.8. The van der Waals surface area contributed by atoms with Gasteiger partial charge < -0.3 is 14.4 Å². The minimum Gasteiger partial charge on any atom is -0.490 e. The molecule has 4 rings (SSSR count). The monoisotopic (exact) mass is 458 g/mol. The van der Waals surface area contributed by atoms with E-state index in [1.54, 1.807) is 17.0 Å². The number of carbonyl (C=O) groups excluding carboxylic acids is 1.